The largest absolute Gasteiger partial charge is 0.403 e. The first-order valence-electron chi connectivity index (χ1n) is 12.0. The van der Waals surface area contributed by atoms with Gasteiger partial charge in [0.2, 0.25) is 0 Å². The molecule has 4 heterocycles. The van der Waals surface area contributed by atoms with Gasteiger partial charge in [-0.15, -0.1) is 10.2 Å². The van der Waals surface area contributed by atoms with Crippen molar-refractivity contribution in [2.75, 3.05) is 25.0 Å². The van der Waals surface area contributed by atoms with Gasteiger partial charge in [-0.2, -0.15) is 13.2 Å². The van der Waals surface area contributed by atoms with Crippen molar-refractivity contribution >= 4 is 23.6 Å². The molecule has 196 valence electrons. The maximum atomic E-state index is 14.0. The number of alkyl halides is 3. The third-order valence-electron chi connectivity index (χ3n) is 7.07. The lowest BCUT2D eigenvalue weighted by molar-refractivity contribution is -0.182. The number of fused-ring (bicyclic) bond motifs is 3. The van der Waals surface area contributed by atoms with Crippen molar-refractivity contribution in [3.8, 4) is 5.69 Å². The van der Waals surface area contributed by atoms with Crippen LogP contribution in [0.4, 0.5) is 23.4 Å². The molecule has 1 aromatic carbocycles. The highest BCUT2D eigenvalue weighted by molar-refractivity contribution is 6.30. The first-order valence-corrected chi connectivity index (χ1v) is 12.4. The molecule has 2 aliphatic heterocycles. The minimum absolute atomic E-state index is 0.0140. The molecule has 0 N–H and O–H groups in total. The van der Waals surface area contributed by atoms with Gasteiger partial charge >= 0.3 is 6.18 Å². The van der Waals surface area contributed by atoms with Crippen LogP contribution in [0.15, 0.2) is 35.3 Å². The number of hydrogen-bond acceptors (Lipinski definition) is 6. The Hall–Kier alpha value is -3.05. The van der Waals surface area contributed by atoms with Crippen LogP contribution in [0.5, 0.6) is 0 Å². The Morgan fingerprint density at radius 2 is 1.86 bits per heavy atom. The maximum absolute atomic E-state index is 14.0. The van der Waals surface area contributed by atoms with E-state index in [2.05, 4.69) is 25.1 Å². The summed E-state index contributed by atoms with van der Waals surface area (Å²) < 4.78 is 56.7. The standard InChI is InChI=1S/C25H26ClF4N7/c1-15(25(28,29)30)36-13-17-11-18(26)3-5-21(17)37-23(14-36)33-34-24(37)16-7-9-35(10-8-16)22-6-4-19(27)20(32-22)12-31-2/h3-6,11-12,15-16H,7-10,13-14H2,1-2H3. The zero-order chi connectivity index (χ0) is 26.3. The molecule has 0 aliphatic carbocycles. The second kappa shape index (κ2) is 10.0. The van der Waals surface area contributed by atoms with Gasteiger partial charge in [0.05, 0.1) is 12.2 Å². The normalized spacial score (nSPS) is 18.1. The number of hydrogen-bond donors (Lipinski definition) is 0. The van der Waals surface area contributed by atoms with Crippen molar-refractivity contribution in [2.45, 2.75) is 51.0 Å². The summed E-state index contributed by atoms with van der Waals surface area (Å²) >= 11 is 6.23. The topological polar surface area (TPSA) is 62.4 Å². The van der Waals surface area contributed by atoms with E-state index in [1.807, 2.05) is 10.6 Å². The molecular weight excluding hydrogens is 510 g/mol. The molecule has 12 heteroatoms. The molecule has 2 aliphatic rings. The highest BCUT2D eigenvalue weighted by Crippen LogP contribution is 2.36. The van der Waals surface area contributed by atoms with E-state index < -0.39 is 18.0 Å². The summed E-state index contributed by atoms with van der Waals surface area (Å²) in [4.78, 5) is 11.7. The van der Waals surface area contributed by atoms with Crippen molar-refractivity contribution in [3.05, 3.63) is 64.1 Å². The van der Waals surface area contributed by atoms with E-state index in [1.54, 1.807) is 25.2 Å². The maximum Gasteiger partial charge on any atom is 0.403 e. The van der Waals surface area contributed by atoms with E-state index in [1.165, 1.54) is 17.2 Å². The number of nitrogens with zero attached hydrogens (tertiary/aromatic N) is 7. The lowest BCUT2D eigenvalue weighted by Crippen LogP contribution is -2.42. The molecular formula is C25H26ClF4N7. The fourth-order valence-corrected chi connectivity index (χ4v) is 5.19. The monoisotopic (exact) mass is 535 g/mol. The Bertz CT molecular complexity index is 1310. The zero-order valence-corrected chi connectivity index (χ0v) is 21.1. The molecule has 0 amide bonds. The summed E-state index contributed by atoms with van der Waals surface area (Å²) in [7, 11) is 1.57. The third kappa shape index (κ3) is 5.06. The van der Waals surface area contributed by atoms with E-state index in [4.69, 9.17) is 11.6 Å². The van der Waals surface area contributed by atoms with Gasteiger partial charge in [-0.25, -0.2) is 9.37 Å². The quantitative estimate of drug-likeness (QED) is 0.341. The van der Waals surface area contributed by atoms with Gasteiger partial charge < -0.3 is 4.90 Å². The van der Waals surface area contributed by atoms with Gasteiger partial charge in [0.15, 0.2) is 11.6 Å². The SMILES string of the molecule is CN=Cc1nc(N2CCC(c3nnc4n3-c3ccc(Cl)cc3CN(C(C)C(F)(F)F)C4)CC2)ccc1F. The molecule has 37 heavy (non-hydrogen) atoms. The highest BCUT2D eigenvalue weighted by atomic mass is 35.5. The second-order valence-electron chi connectivity index (χ2n) is 9.39. The van der Waals surface area contributed by atoms with E-state index in [9.17, 15) is 17.6 Å². The molecule has 0 radical (unpaired) electrons. The van der Waals surface area contributed by atoms with Crippen LogP contribution in [0, 0.1) is 5.82 Å². The summed E-state index contributed by atoms with van der Waals surface area (Å²) in [5, 5.41) is 9.26. The molecule has 7 nitrogen and oxygen atoms in total. The average molecular weight is 536 g/mol. The number of anilines is 1. The van der Waals surface area contributed by atoms with Crippen molar-refractivity contribution in [1.29, 1.82) is 0 Å². The van der Waals surface area contributed by atoms with Crippen molar-refractivity contribution < 1.29 is 17.6 Å². The summed E-state index contributed by atoms with van der Waals surface area (Å²) in [6.07, 6.45) is -1.51. The Kier molecular flexibility index (Phi) is 6.93. The van der Waals surface area contributed by atoms with Crippen LogP contribution in [0.1, 0.15) is 48.6 Å². The minimum atomic E-state index is -4.37. The summed E-state index contributed by atoms with van der Waals surface area (Å²) in [6, 6.07) is 6.66. The van der Waals surface area contributed by atoms with Crippen LogP contribution in [-0.2, 0) is 13.1 Å². The van der Waals surface area contributed by atoms with Gasteiger partial charge in [0, 0.05) is 43.8 Å². The van der Waals surface area contributed by atoms with E-state index in [0.717, 1.165) is 31.3 Å². The van der Waals surface area contributed by atoms with Crippen LogP contribution in [0.3, 0.4) is 0 Å². The average Bonchev–Trinajstić information content (AvgIpc) is 3.20. The zero-order valence-electron chi connectivity index (χ0n) is 20.4. The number of benzene rings is 1. The van der Waals surface area contributed by atoms with Crippen LogP contribution in [0.2, 0.25) is 5.02 Å². The number of rotatable bonds is 4. The van der Waals surface area contributed by atoms with Gasteiger partial charge in [0.1, 0.15) is 23.4 Å². The van der Waals surface area contributed by atoms with Crippen LogP contribution in [0.25, 0.3) is 5.69 Å². The van der Waals surface area contributed by atoms with Gasteiger partial charge in [-0.3, -0.25) is 14.5 Å². The lowest BCUT2D eigenvalue weighted by Gasteiger charge is -2.32. The predicted molar refractivity (Wildman–Crippen MR) is 133 cm³/mol. The van der Waals surface area contributed by atoms with Crippen LogP contribution in [-0.4, -0.2) is 63.2 Å². The van der Waals surface area contributed by atoms with Gasteiger partial charge in [-0.1, -0.05) is 11.6 Å². The highest BCUT2D eigenvalue weighted by Gasteiger charge is 2.42. The number of aliphatic imine (C=N–C) groups is 1. The minimum Gasteiger partial charge on any atom is -0.357 e. The number of piperidine rings is 1. The van der Waals surface area contributed by atoms with Crippen LogP contribution >= 0.6 is 11.6 Å². The van der Waals surface area contributed by atoms with Gasteiger partial charge in [0.25, 0.3) is 0 Å². The Morgan fingerprint density at radius 1 is 1.11 bits per heavy atom. The first-order chi connectivity index (χ1) is 17.7. The Morgan fingerprint density at radius 3 is 2.57 bits per heavy atom. The third-order valence-corrected chi connectivity index (χ3v) is 7.31. The number of halogens is 5. The Labute approximate surface area is 216 Å². The lowest BCUT2D eigenvalue weighted by atomic mass is 9.95. The molecule has 1 unspecified atom stereocenters. The predicted octanol–water partition coefficient (Wildman–Crippen LogP) is 5.15. The fraction of sp³-hybridized carbons (Fsp3) is 0.440. The summed E-state index contributed by atoms with van der Waals surface area (Å²) in [6.45, 7) is 2.60. The van der Waals surface area contributed by atoms with Crippen molar-refractivity contribution in [1.82, 2.24) is 24.6 Å². The van der Waals surface area contributed by atoms with E-state index >= 15 is 0 Å². The second-order valence-corrected chi connectivity index (χ2v) is 9.83. The number of pyridine rings is 1. The van der Waals surface area contributed by atoms with E-state index in [-0.39, 0.29) is 24.7 Å². The smallest absolute Gasteiger partial charge is 0.357 e. The molecule has 2 aromatic heterocycles. The van der Waals surface area contributed by atoms with E-state index in [0.29, 0.717) is 35.3 Å². The molecule has 5 rings (SSSR count). The van der Waals surface area contributed by atoms with Gasteiger partial charge in [-0.05, 0) is 55.7 Å². The molecule has 0 bridgehead atoms. The molecule has 1 fully saturated rings. The first kappa shape index (κ1) is 25.6. The molecule has 0 spiro atoms. The Balaban J connectivity index is 1.43. The molecule has 1 atom stereocenters. The van der Waals surface area contributed by atoms with Crippen molar-refractivity contribution in [3.63, 3.8) is 0 Å². The van der Waals surface area contributed by atoms with Crippen molar-refractivity contribution in [2.24, 2.45) is 4.99 Å². The summed E-state index contributed by atoms with van der Waals surface area (Å²) in [5.74, 6) is 1.49. The fourth-order valence-electron chi connectivity index (χ4n) is 5.00. The molecule has 0 saturated carbocycles. The molecule has 3 aromatic rings. The van der Waals surface area contributed by atoms with Crippen LogP contribution < -0.4 is 4.90 Å². The number of aromatic nitrogens is 4. The summed E-state index contributed by atoms with van der Waals surface area (Å²) in [5.41, 5.74) is 1.64. The molecule has 1 saturated heterocycles.